The number of hydrazine groups is 2. The largest absolute Gasteiger partial charge is 0.339 e. The van der Waals surface area contributed by atoms with Crippen LogP contribution in [0, 0.1) is 0 Å². The Morgan fingerprint density at radius 2 is 0.962 bits per heavy atom. The maximum Gasteiger partial charge on any atom is 0.339 e. The normalized spacial score (nSPS) is 15.0. The fourth-order valence-corrected chi connectivity index (χ4v) is 6.20. The van der Waals surface area contributed by atoms with Crippen molar-refractivity contribution in [3.05, 3.63) is 140 Å². The molecular weight excluding hydrogens is 802 g/mol. The predicted molar refractivity (Wildman–Crippen MR) is 207 cm³/mol. The van der Waals surface area contributed by atoms with Crippen LogP contribution < -0.4 is 32.3 Å². The number of carbonyl (C=O) groups is 4. The SMILES string of the molecule is C/C(NNC(=O)Nc1nc(-c2ccccc2)cs1)=C1/C=C(Cl)C=CC1=O.C/C(NNC(=O)Nc1nc(-c2ccccc2)cs1)=C1\C=C(Cl)C=CC1=O.[Co]. The maximum absolute atomic E-state index is 12.0. The van der Waals surface area contributed by atoms with Gasteiger partial charge in [-0.2, -0.15) is 0 Å². The summed E-state index contributed by atoms with van der Waals surface area (Å²) in [6.45, 7) is 3.34. The molecule has 6 N–H and O–H groups in total. The molecule has 0 bridgehead atoms. The topological polar surface area (TPSA) is 166 Å². The van der Waals surface area contributed by atoms with Crippen LogP contribution in [0.3, 0.4) is 0 Å². The van der Waals surface area contributed by atoms with Crippen molar-refractivity contribution < 1.29 is 36.0 Å². The first kappa shape index (κ1) is 40.5. The summed E-state index contributed by atoms with van der Waals surface area (Å²) in [7, 11) is 0. The molecule has 0 unspecified atom stereocenters. The van der Waals surface area contributed by atoms with E-state index < -0.39 is 12.1 Å². The number of hydrogen-bond acceptors (Lipinski definition) is 10. The van der Waals surface area contributed by atoms with Crippen LogP contribution >= 0.6 is 45.9 Å². The molecule has 2 aliphatic carbocycles. The van der Waals surface area contributed by atoms with Gasteiger partial charge in [0.1, 0.15) is 0 Å². The molecule has 0 saturated heterocycles. The number of thiazole rings is 2. The number of urea groups is 2. The van der Waals surface area contributed by atoms with Gasteiger partial charge in [0, 0.05) is 71.3 Å². The second kappa shape index (κ2) is 19.5. The van der Waals surface area contributed by atoms with Gasteiger partial charge in [0.05, 0.1) is 11.4 Å². The molecule has 12 nitrogen and oxygen atoms in total. The van der Waals surface area contributed by atoms with Crippen molar-refractivity contribution in [2.24, 2.45) is 0 Å². The Hall–Kier alpha value is -5.29. The monoisotopic (exact) mass is 831 g/mol. The molecule has 53 heavy (non-hydrogen) atoms. The van der Waals surface area contributed by atoms with E-state index >= 15 is 0 Å². The Labute approximate surface area is 333 Å². The molecule has 0 atom stereocenters. The van der Waals surface area contributed by atoms with E-state index in [0.29, 0.717) is 42.9 Å². The number of amides is 4. The number of aromatic nitrogens is 2. The third-order valence-corrected chi connectivity index (χ3v) is 8.99. The van der Waals surface area contributed by atoms with Crippen LogP contribution in [-0.4, -0.2) is 33.6 Å². The number of anilines is 2. The second-order valence-corrected chi connectivity index (χ2v) is 13.3. The Kier molecular flexibility index (Phi) is 14.9. The molecule has 0 saturated carbocycles. The van der Waals surface area contributed by atoms with Crippen LogP contribution in [0.15, 0.2) is 140 Å². The van der Waals surface area contributed by atoms with E-state index in [1.807, 2.05) is 71.4 Å². The standard InChI is InChI=1S/2C18H15ClN4O2S.Co/c2*1-11(14-9-13(19)7-8-16(14)24)22-23-17(25)21-18-20-15(10-26-18)12-5-3-2-4-6-12;/h2*2-10,22H,1H3,(H2,20,21,23,25);/b14-11+;14-11-;. The Morgan fingerprint density at radius 1 is 0.585 bits per heavy atom. The molecule has 6 rings (SSSR count). The number of benzene rings is 2. The first-order chi connectivity index (χ1) is 25.0. The first-order valence-corrected chi connectivity index (χ1v) is 17.9. The Balaban J connectivity index is 0.000000232. The molecule has 0 aliphatic heterocycles. The summed E-state index contributed by atoms with van der Waals surface area (Å²) < 4.78 is 0. The molecule has 2 aromatic heterocycles. The zero-order valence-corrected chi connectivity index (χ0v) is 32.0. The number of allylic oxidation sites excluding steroid dienone is 12. The van der Waals surface area contributed by atoms with Crippen molar-refractivity contribution in [1.29, 1.82) is 0 Å². The summed E-state index contributed by atoms with van der Waals surface area (Å²) in [6, 6.07) is 18.4. The zero-order chi connectivity index (χ0) is 37.0. The molecule has 17 heteroatoms. The van der Waals surface area contributed by atoms with Crippen LogP contribution in [0.4, 0.5) is 19.9 Å². The third-order valence-electron chi connectivity index (χ3n) is 7.01. The molecule has 4 aromatic rings. The number of nitrogens with one attached hydrogen (secondary N) is 6. The number of rotatable bonds is 8. The number of halogens is 2. The van der Waals surface area contributed by atoms with Gasteiger partial charge in [0.15, 0.2) is 21.8 Å². The van der Waals surface area contributed by atoms with Crippen LogP contribution in [0.2, 0.25) is 0 Å². The molecule has 1 radical (unpaired) electrons. The quantitative estimate of drug-likeness (QED) is 0.0770. The minimum absolute atomic E-state index is 0. The number of ketones is 2. The smallest absolute Gasteiger partial charge is 0.301 e. The molecule has 2 heterocycles. The molecule has 273 valence electrons. The molecular formula is C36H30Cl2CoN8O4S2. The molecule has 2 aliphatic rings. The van der Waals surface area contributed by atoms with Crippen molar-refractivity contribution >= 4 is 79.8 Å². The number of hydrogen-bond donors (Lipinski definition) is 6. The fraction of sp³-hybridized carbons (Fsp3) is 0.0556. The summed E-state index contributed by atoms with van der Waals surface area (Å²) in [5, 5.41) is 10.8. The Bertz CT molecular complexity index is 2020. The van der Waals surface area contributed by atoms with Crippen molar-refractivity contribution in [1.82, 2.24) is 31.7 Å². The minimum Gasteiger partial charge on any atom is -0.301 e. The van der Waals surface area contributed by atoms with E-state index in [1.54, 1.807) is 26.0 Å². The van der Waals surface area contributed by atoms with Gasteiger partial charge >= 0.3 is 12.1 Å². The van der Waals surface area contributed by atoms with Crippen LogP contribution in [-0.2, 0) is 26.4 Å². The van der Waals surface area contributed by atoms with Crippen LogP contribution in [0.5, 0.6) is 0 Å². The summed E-state index contributed by atoms with van der Waals surface area (Å²) in [5.74, 6) is -0.372. The average molecular weight is 833 g/mol. The molecule has 2 aromatic carbocycles. The third kappa shape index (κ3) is 11.9. The summed E-state index contributed by atoms with van der Waals surface area (Å²) >= 11 is 14.4. The van der Waals surface area contributed by atoms with Gasteiger partial charge in [-0.1, -0.05) is 83.9 Å². The molecule has 0 spiro atoms. The van der Waals surface area contributed by atoms with Gasteiger partial charge in [-0.3, -0.25) is 31.1 Å². The van der Waals surface area contributed by atoms with E-state index in [9.17, 15) is 19.2 Å². The first-order valence-electron chi connectivity index (χ1n) is 15.3. The van der Waals surface area contributed by atoms with Crippen LogP contribution in [0.25, 0.3) is 22.5 Å². The van der Waals surface area contributed by atoms with E-state index in [-0.39, 0.29) is 28.3 Å². The van der Waals surface area contributed by atoms with Gasteiger partial charge in [-0.15, -0.1) is 22.7 Å². The average Bonchev–Trinajstić information content (AvgIpc) is 3.82. The second-order valence-electron chi connectivity index (χ2n) is 10.7. The summed E-state index contributed by atoms with van der Waals surface area (Å²) in [4.78, 5) is 56.4. The number of nitrogens with zero attached hydrogens (tertiary/aromatic N) is 2. The zero-order valence-electron chi connectivity index (χ0n) is 27.8. The van der Waals surface area contributed by atoms with E-state index in [1.165, 1.54) is 47.0 Å². The number of carbonyl (C=O) groups excluding carboxylic acids is 4. The maximum atomic E-state index is 12.0. The molecule has 4 amide bonds. The van der Waals surface area contributed by atoms with E-state index in [4.69, 9.17) is 23.2 Å². The van der Waals surface area contributed by atoms with E-state index in [0.717, 1.165) is 22.5 Å². The van der Waals surface area contributed by atoms with Crippen molar-refractivity contribution in [2.45, 2.75) is 13.8 Å². The predicted octanol–water partition coefficient (Wildman–Crippen LogP) is 7.94. The Morgan fingerprint density at radius 3 is 1.34 bits per heavy atom. The summed E-state index contributed by atoms with van der Waals surface area (Å²) in [5.41, 5.74) is 15.6. The van der Waals surface area contributed by atoms with Crippen molar-refractivity contribution in [3.8, 4) is 22.5 Å². The minimum atomic E-state index is -0.493. The van der Waals surface area contributed by atoms with Crippen molar-refractivity contribution in [2.75, 3.05) is 10.6 Å². The van der Waals surface area contributed by atoms with Gasteiger partial charge in [0.2, 0.25) is 0 Å². The molecule has 0 fully saturated rings. The fourth-order valence-electron chi connectivity index (χ4n) is 4.43. The van der Waals surface area contributed by atoms with E-state index in [2.05, 4.69) is 42.3 Å². The van der Waals surface area contributed by atoms with Crippen LogP contribution in [0.1, 0.15) is 13.8 Å². The van der Waals surface area contributed by atoms with Gasteiger partial charge in [-0.25, -0.2) is 19.6 Å². The summed E-state index contributed by atoms with van der Waals surface area (Å²) in [6.07, 6.45) is 8.88. The van der Waals surface area contributed by atoms with Gasteiger partial charge < -0.3 is 10.9 Å². The van der Waals surface area contributed by atoms with Gasteiger partial charge in [-0.05, 0) is 50.3 Å². The van der Waals surface area contributed by atoms with Gasteiger partial charge in [0.25, 0.3) is 0 Å². The van der Waals surface area contributed by atoms with Crippen molar-refractivity contribution in [3.63, 3.8) is 0 Å².